The van der Waals surface area contributed by atoms with Gasteiger partial charge in [-0.1, -0.05) is 29.5 Å². The molecule has 1 N–H and O–H groups in total. The zero-order valence-electron chi connectivity index (χ0n) is 17.8. The molecule has 1 aromatic carbocycles. The number of carbonyl (C=O) groups excluding carboxylic acids is 1. The molecule has 0 saturated carbocycles. The molecule has 162 valence electrons. The van der Waals surface area contributed by atoms with E-state index in [0.29, 0.717) is 33.1 Å². The molecule has 2 unspecified atom stereocenters. The molecule has 0 bridgehead atoms. The van der Waals surface area contributed by atoms with Crippen LogP contribution in [0.25, 0.3) is 5.57 Å². The Morgan fingerprint density at radius 2 is 1.87 bits per heavy atom. The first kappa shape index (κ1) is 20.2. The standard InChI is InChI=1S/C21H24N6O2S2/c1-5-24-16-17(25(6-2)21(24)30)27-19(29)15(31-20(27)23-22-16)14-12-9-7-8-10-13(12)26(11(3)4)18(14)28/h7-11,16-17,22H,5-6H2,1-4H3/b15-14-. The second kappa shape index (κ2) is 7.16. The third kappa shape index (κ3) is 2.64. The number of hydrogen-bond donors (Lipinski definition) is 1. The van der Waals surface area contributed by atoms with Crippen LogP contribution < -0.4 is 25.2 Å². The monoisotopic (exact) mass is 456 g/mol. The molecule has 1 fully saturated rings. The zero-order valence-corrected chi connectivity index (χ0v) is 19.5. The van der Waals surface area contributed by atoms with Gasteiger partial charge in [0.2, 0.25) is 4.80 Å². The number of amides is 1. The quantitative estimate of drug-likeness (QED) is 0.688. The molecule has 10 heteroatoms. The number of likely N-dealkylation sites (N-methyl/N-ethyl adjacent to an activating group) is 2. The van der Waals surface area contributed by atoms with Crippen molar-refractivity contribution in [3.63, 3.8) is 0 Å². The summed E-state index contributed by atoms with van der Waals surface area (Å²) in [4.78, 5) is 33.6. The van der Waals surface area contributed by atoms with E-state index in [4.69, 9.17) is 12.2 Å². The number of thiazole rings is 1. The maximum atomic E-state index is 13.7. The first-order chi connectivity index (χ1) is 14.9. The van der Waals surface area contributed by atoms with Crippen LogP contribution in [0.5, 0.6) is 0 Å². The SMILES string of the molecule is CCN1C(=S)N(CC)C2C1NN=c1s/c(=C3\C(=O)N(C(C)C)c4ccccc43)c(=O)n12. The summed E-state index contributed by atoms with van der Waals surface area (Å²) in [5.74, 6) is -0.138. The summed E-state index contributed by atoms with van der Waals surface area (Å²) >= 11 is 6.93. The fraction of sp³-hybridized carbons (Fsp3) is 0.429. The normalized spacial score (nSPS) is 23.7. The smallest absolute Gasteiger partial charge is 0.273 e. The Labute approximate surface area is 189 Å². The fourth-order valence-electron chi connectivity index (χ4n) is 4.74. The van der Waals surface area contributed by atoms with E-state index >= 15 is 0 Å². The van der Waals surface area contributed by atoms with E-state index in [1.54, 1.807) is 9.47 Å². The van der Waals surface area contributed by atoms with Gasteiger partial charge in [0.1, 0.15) is 4.53 Å². The minimum atomic E-state index is -0.295. The van der Waals surface area contributed by atoms with E-state index in [9.17, 15) is 9.59 Å². The number of benzene rings is 1. The number of nitrogens with one attached hydrogen (secondary N) is 1. The molecule has 5 rings (SSSR count). The number of hydrogen-bond acceptors (Lipinski definition) is 6. The number of carbonyl (C=O) groups is 1. The van der Waals surface area contributed by atoms with Crippen LogP contribution in [0.3, 0.4) is 0 Å². The molecular weight excluding hydrogens is 432 g/mol. The third-order valence-electron chi connectivity index (χ3n) is 6.09. The van der Waals surface area contributed by atoms with Gasteiger partial charge in [-0.05, 0) is 46.0 Å². The summed E-state index contributed by atoms with van der Waals surface area (Å²) in [6.07, 6.45) is -0.509. The number of nitrogens with zero attached hydrogens (tertiary/aromatic N) is 5. The van der Waals surface area contributed by atoms with Gasteiger partial charge in [-0.25, -0.2) is 0 Å². The molecule has 0 aliphatic carbocycles. The Kier molecular flexibility index (Phi) is 4.67. The lowest BCUT2D eigenvalue weighted by atomic mass is 10.1. The van der Waals surface area contributed by atoms with Crippen molar-refractivity contribution in [3.05, 3.63) is 49.5 Å². The van der Waals surface area contributed by atoms with Crippen LogP contribution in [0.1, 0.15) is 39.4 Å². The van der Waals surface area contributed by atoms with Crippen LogP contribution in [-0.2, 0) is 4.79 Å². The Morgan fingerprint density at radius 1 is 1.16 bits per heavy atom. The average Bonchev–Trinajstić information content (AvgIpc) is 3.33. The summed E-state index contributed by atoms with van der Waals surface area (Å²) in [5, 5.41) is 5.20. The summed E-state index contributed by atoms with van der Waals surface area (Å²) in [6.45, 7) is 9.41. The molecule has 1 aromatic heterocycles. The molecule has 2 atom stereocenters. The number of anilines is 1. The molecule has 1 amide bonds. The first-order valence-electron chi connectivity index (χ1n) is 10.5. The van der Waals surface area contributed by atoms with Crippen molar-refractivity contribution < 1.29 is 4.79 Å². The molecule has 0 radical (unpaired) electrons. The number of para-hydroxylation sites is 1. The van der Waals surface area contributed by atoms with Crippen molar-refractivity contribution >= 4 is 45.8 Å². The number of thiocarbonyl (C=S) groups is 1. The molecule has 3 aliphatic rings. The zero-order chi connectivity index (χ0) is 22.0. The van der Waals surface area contributed by atoms with Crippen LogP contribution in [0.2, 0.25) is 0 Å². The summed E-state index contributed by atoms with van der Waals surface area (Å²) in [6, 6.07) is 7.64. The van der Waals surface area contributed by atoms with Crippen LogP contribution in [0, 0.1) is 0 Å². The predicted octanol–water partition coefficient (Wildman–Crippen LogP) is 0.769. The third-order valence-corrected chi connectivity index (χ3v) is 7.61. The van der Waals surface area contributed by atoms with Crippen molar-refractivity contribution in [3.8, 4) is 0 Å². The number of fused-ring (bicyclic) bond motifs is 4. The van der Waals surface area contributed by atoms with E-state index < -0.39 is 0 Å². The van der Waals surface area contributed by atoms with Gasteiger partial charge in [0.05, 0.1) is 11.3 Å². The lowest BCUT2D eigenvalue weighted by Crippen LogP contribution is -2.53. The lowest BCUT2D eigenvalue weighted by Gasteiger charge is -2.30. The van der Waals surface area contributed by atoms with Crippen molar-refractivity contribution in [2.45, 2.75) is 46.1 Å². The van der Waals surface area contributed by atoms with Crippen molar-refractivity contribution in [1.29, 1.82) is 0 Å². The minimum absolute atomic E-state index is 0.0138. The van der Waals surface area contributed by atoms with E-state index in [1.165, 1.54) is 11.3 Å². The summed E-state index contributed by atoms with van der Waals surface area (Å²) in [5.41, 5.74) is 5.10. The van der Waals surface area contributed by atoms with E-state index in [2.05, 4.69) is 10.5 Å². The largest absolute Gasteiger partial charge is 0.325 e. The van der Waals surface area contributed by atoms with Gasteiger partial charge in [-0.15, -0.1) is 5.10 Å². The highest BCUT2D eigenvalue weighted by Gasteiger charge is 2.46. The van der Waals surface area contributed by atoms with Crippen LogP contribution in [-0.4, -0.2) is 50.7 Å². The highest BCUT2D eigenvalue weighted by atomic mass is 32.1. The van der Waals surface area contributed by atoms with E-state index in [-0.39, 0.29) is 29.8 Å². The summed E-state index contributed by atoms with van der Waals surface area (Å²) < 4.78 is 2.13. The van der Waals surface area contributed by atoms with Crippen LogP contribution in [0.15, 0.2) is 34.2 Å². The van der Waals surface area contributed by atoms with Gasteiger partial charge < -0.3 is 14.7 Å². The topological polar surface area (TPSA) is 73.2 Å². The molecule has 31 heavy (non-hydrogen) atoms. The Balaban J connectivity index is 1.78. The first-order valence-corrected chi connectivity index (χ1v) is 11.7. The van der Waals surface area contributed by atoms with Gasteiger partial charge in [0.15, 0.2) is 17.4 Å². The van der Waals surface area contributed by atoms with Crippen molar-refractivity contribution in [2.24, 2.45) is 5.10 Å². The number of rotatable bonds is 3. The average molecular weight is 457 g/mol. The van der Waals surface area contributed by atoms with Gasteiger partial charge >= 0.3 is 0 Å². The van der Waals surface area contributed by atoms with Gasteiger partial charge in [-0.2, -0.15) is 0 Å². The maximum Gasteiger partial charge on any atom is 0.273 e. The molecular formula is C21H24N6O2S2. The number of aromatic nitrogens is 1. The van der Waals surface area contributed by atoms with Crippen LogP contribution in [0.4, 0.5) is 5.69 Å². The Morgan fingerprint density at radius 3 is 2.55 bits per heavy atom. The molecule has 4 heterocycles. The molecule has 1 saturated heterocycles. The van der Waals surface area contributed by atoms with Gasteiger partial charge in [0.25, 0.3) is 11.5 Å². The highest BCUT2D eigenvalue weighted by molar-refractivity contribution is 7.80. The predicted molar refractivity (Wildman–Crippen MR) is 124 cm³/mol. The van der Waals surface area contributed by atoms with Gasteiger partial charge in [0, 0.05) is 24.7 Å². The maximum absolute atomic E-state index is 13.7. The highest BCUT2D eigenvalue weighted by Crippen LogP contribution is 2.36. The second-order valence-electron chi connectivity index (χ2n) is 8.00. The molecule has 8 nitrogen and oxygen atoms in total. The second-order valence-corrected chi connectivity index (χ2v) is 9.35. The Hall–Kier alpha value is -2.72. The Bertz CT molecular complexity index is 1280. The lowest BCUT2D eigenvalue weighted by molar-refractivity contribution is -0.113. The summed E-state index contributed by atoms with van der Waals surface area (Å²) in [7, 11) is 0. The van der Waals surface area contributed by atoms with Crippen molar-refractivity contribution in [1.82, 2.24) is 19.8 Å². The molecule has 2 aromatic rings. The van der Waals surface area contributed by atoms with Crippen LogP contribution >= 0.6 is 23.6 Å². The van der Waals surface area contributed by atoms with Gasteiger partial charge in [-0.3, -0.25) is 19.6 Å². The molecule has 3 aliphatic heterocycles. The molecule has 0 spiro atoms. The van der Waals surface area contributed by atoms with E-state index in [0.717, 1.165) is 11.3 Å². The van der Waals surface area contributed by atoms with E-state index in [1.807, 2.05) is 61.8 Å². The minimum Gasteiger partial charge on any atom is -0.325 e. The van der Waals surface area contributed by atoms with Crippen molar-refractivity contribution in [2.75, 3.05) is 18.0 Å². The fourth-order valence-corrected chi connectivity index (χ4v) is 6.28.